The number of rotatable bonds is 5. The average Bonchev–Trinajstić information content (AvgIpc) is 2.78. The monoisotopic (exact) mass is 406 g/mol. The van der Waals surface area contributed by atoms with Gasteiger partial charge in [-0.05, 0) is 44.6 Å². The van der Waals surface area contributed by atoms with E-state index in [0.29, 0.717) is 31.6 Å². The van der Waals surface area contributed by atoms with Crippen molar-refractivity contribution in [3.63, 3.8) is 0 Å². The molecule has 1 aromatic carbocycles. The second-order valence-corrected chi connectivity index (χ2v) is 8.20. The van der Waals surface area contributed by atoms with Gasteiger partial charge in [0.1, 0.15) is 5.82 Å². The van der Waals surface area contributed by atoms with Crippen molar-refractivity contribution in [3.8, 4) is 0 Å². The third kappa shape index (κ3) is 4.09. The molecule has 0 saturated carbocycles. The quantitative estimate of drug-likeness (QED) is 0.758. The lowest BCUT2D eigenvalue weighted by atomic mass is 9.99. The van der Waals surface area contributed by atoms with Crippen molar-refractivity contribution in [1.82, 2.24) is 14.9 Å². The lowest BCUT2D eigenvalue weighted by molar-refractivity contribution is -0.135. The summed E-state index contributed by atoms with van der Waals surface area (Å²) < 4.78 is 0. The number of fused-ring (bicyclic) bond motifs is 1. The van der Waals surface area contributed by atoms with Crippen LogP contribution >= 0.6 is 0 Å². The molecule has 0 aliphatic carbocycles. The van der Waals surface area contributed by atoms with Crippen molar-refractivity contribution in [2.45, 2.75) is 64.8 Å². The number of aromatic nitrogens is 2. The molecule has 1 fully saturated rings. The van der Waals surface area contributed by atoms with E-state index in [1.54, 1.807) is 0 Å². The molecule has 1 atom stereocenters. The van der Waals surface area contributed by atoms with Crippen molar-refractivity contribution in [3.05, 3.63) is 53.0 Å². The first-order valence-electron chi connectivity index (χ1n) is 11.1. The maximum atomic E-state index is 12.8. The molecule has 2 amide bonds. The van der Waals surface area contributed by atoms with Gasteiger partial charge in [-0.2, -0.15) is 0 Å². The first-order valence-corrected chi connectivity index (χ1v) is 11.1. The molecule has 1 aromatic heterocycles. The highest BCUT2D eigenvalue weighted by molar-refractivity contribution is 5.95. The summed E-state index contributed by atoms with van der Waals surface area (Å²) in [6, 6.07) is 10.1. The largest absolute Gasteiger partial charge is 0.332 e. The molecular weight excluding hydrogens is 376 g/mol. The molecule has 2 aliphatic rings. The number of benzene rings is 1. The number of nitrogens with zero attached hydrogens (tertiary/aromatic N) is 4. The van der Waals surface area contributed by atoms with E-state index in [1.165, 1.54) is 5.56 Å². The first kappa shape index (κ1) is 20.5. The van der Waals surface area contributed by atoms with Crippen LogP contribution in [0.15, 0.2) is 30.3 Å². The summed E-state index contributed by atoms with van der Waals surface area (Å²) in [5.74, 6) is 1.70. The molecule has 0 bridgehead atoms. The van der Waals surface area contributed by atoms with Gasteiger partial charge in [0.25, 0.3) is 0 Å². The third-order valence-electron chi connectivity index (χ3n) is 6.25. The van der Waals surface area contributed by atoms with Gasteiger partial charge in [-0.3, -0.25) is 14.5 Å². The Kier molecular flexibility index (Phi) is 6.11. The smallest absolute Gasteiger partial charge is 0.228 e. The number of carbonyl (C=O) groups is 2. The molecule has 3 heterocycles. The number of amides is 2. The summed E-state index contributed by atoms with van der Waals surface area (Å²) in [5.41, 5.74) is 3.20. The van der Waals surface area contributed by atoms with E-state index in [-0.39, 0.29) is 17.9 Å². The molecular formula is C24H30N4O2. The third-order valence-corrected chi connectivity index (χ3v) is 6.25. The molecule has 4 rings (SSSR count). The molecule has 6 nitrogen and oxygen atoms in total. The Morgan fingerprint density at radius 1 is 1.13 bits per heavy atom. The Morgan fingerprint density at radius 2 is 1.93 bits per heavy atom. The van der Waals surface area contributed by atoms with Gasteiger partial charge in [-0.1, -0.05) is 37.3 Å². The highest BCUT2D eigenvalue weighted by Crippen LogP contribution is 2.34. The van der Waals surface area contributed by atoms with Gasteiger partial charge in [-0.25, -0.2) is 9.97 Å². The van der Waals surface area contributed by atoms with Gasteiger partial charge in [0, 0.05) is 37.2 Å². The molecule has 1 saturated heterocycles. The molecule has 6 heteroatoms. The number of hydrogen-bond donors (Lipinski definition) is 0. The molecule has 2 aromatic rings. The second kappa shape index (κ2) is 8.94. The Bertz CT molecular complexity index is 928. The maximum Gasteiger partial charge on any atom is 0.228 e. The Morgan fingerprint density at radius 3 is 2.70 bits per heavy atom. The Labute approximate surface area is 178 Å². The zero-order chi connectivity index (χ0) is 21.1. The molecule has 2 aliphatic heterocycles. The van der Waals surface area contributed by atoms with Crippen molar-refractivity contribution in [2.24, 2.45) is 0 Å². The summed E-state index contributed by atoms with van der Waals surface area (Å²) >= 11 is 0. The SMILES string of the molecule is CCC(=O)N1CCCC[C@H]1c1nc(C)c2c(n1)N(CCc1ccccc1)C(=O)CC2. The minimum absolute atomic E-state index is 0.0943. The van der Waals surface area contributed by atoms with E-state index in [4.69, 9.17) is 9.97 Å². The summed E-state index contributed by atoms with van der Waals surface area (Å²) in [6.07, 6.45) is 5.42. The summed E-state index contributed by atoms with van der Waals surface area (Å²) in [5, 5.41) is 0. The summed E-state index contributed by atoms with van der Waals surface area (Å²) in [6.45, 7) is 5.27. The van der Waals surface area contributed by atoms with Crippen molar-refractivity contribution in [1.29, 1.82) is 0 Å². The topological polar surface area (TPSA) is 66.4 Å². The Hall–Kier alpha value is -2.76. The van der Waals surface area contributed by atoms with Crippen LogP contribution in [0.1, 0.15) is 67.7 Å². The predicted octanol–water partition coefficient (Wildman–Crippen LogP) is 3.77. The number of hydrogen-bond acceptors (Lipinski definition) is 4. The fourth-order valence-electron chi connectivity index (χ4n) is 4.57. The standard InChI is InChI=1S/C24H30N4O2/c1-3-21(29)27-15-8-7-11-20(27)23-25-17(2)19-12-13-22(30)28(24(19)26-23)16-14-18-9-5-4-6-10-18/h4-6,9-10,20H,3,7-8,11-16H2,1-2H3/t20-/m0/s1. The van der Waals surface area contributed by atoms with Crippen LogP contribution in [0.25, 0.3) is 0 Å². The zero-order valence-corrected chi connectivity index (χ0v) is 17.9. The van der Waals surface area contributed by atoms with Crippen LogP contribution in [-0.4, -0.2) is 39.8 Å². The van der Waals surface area contributed by atoms with Crippen LogP contribution in [0.2, 0.25) is 0 Å². The van der Waals surface area contributed by atoms with Gasteiger partial charge in [-0.15, -0.1) is 0 Å². The summed E-state index contributed by atoms with van der Waals surface area (Å²) in [4.78, 5) is 38.8. The highest BCUT2D eigenvalue weighted by Gasteiger charge is 2.33. The minimum Gasteiger partial charge on any atom is -0.332 e. The van der Waals surface area contributed by atoms with Crippen molar-refractivity contribution >= 4 is 17.6 Å². The van der Waals surface area contributed by atoms with E-state index in [2.05, 4.69) is 12.1 Å². The highest BCUT2D eigenvalue weighted by atomic mass is 16.2. The van der Waals surface area contributed by atoms with Crippen LogP contribution in [-0.2, 0) is 22.4 Å². The minimum atomic E-state index is -0.0943. The molecule has 30 heavy (non-hydrogen) atoms. The second-order valence-electron chi connectivity index (χ2n) is 8.20. The normalized spacial score (nSPS) is 19.0. The van der Waals surface area contributed by atoms with Crippen molar-refractivity contribution < 1.29 is 9.59 Å². The van der Waals surface area contributed by atoms with E-state index < -0.39 is 0 Å². The lowest BCUT2D eigenvalue weighted by Gasteiger charge is -2.36. The molecule has 158 valence electrons. The van der Waals surface area contributed by atoms with Crippen LogP contribution in [0, 0.1) is 6.92 Å². The van der Waals surface area contributed by atoms with Crippen LogP contribution < -0.4 is 4.90 Å². The molecule has 0 unspecified atom stereocenters. The van der Waals surface area contributed by atoms with Gasteiger partial charge in [0.15, 0.2) is 5.82 Å². The molecule has 0 radical (unpaired) electrons. The van der Waals surface area contributed by atoms with E-state index in [9.17, 15) is 9.59 Å². The molecule has 0 spiro atoms. The Balaban J connectivity index is 1.66. The summed E-state index contributed by atoms with van der Waals surface area (Å²) in [7, 11) is 0. The molecule has 0 N–H and O–H groups in total. The van der Waals surface area contributed by atoms with Gasteiger partial charge in [0.05, 0.1) is 6.04 Å². The van der Waals surface area contributed by atoms with E-state index in [1.807, 2.05) is 41.8 Å². The predicted molar refractivity (Wildman–Crippen MR) is 116 cm³/mol. The van der Waals surface area contributed by atoms with Crippen molar-refractivity contribution in [2.75, 3.05) is 18.0 Å². The number of likely N-dealkylation sites (tertiary alicyclic amines) is 1. The number of piperidine rings is 1. The van der Waals surface area contributed by atoms with Gasteiger partial charge < -0.3 is 4.90 Å². The lowest BCUT2D eigenvalue weighted by Crippen LogP contribution is -2.41. The number of carbonyl (C=O) groups excluding carboxylic acids is 2. The van der Waals surface area contributed by atoms with E-state index >= 15 is 0 Å². The van der Waals surface area contributed by atoms with Crippen LogP contribution in [0.3, 0.4) is 0 Å². The fraction of sp³-hybridized carbons (Fsp3) is 0.500. The fourth-order valence-corrected chi connectivity index (χ4v) is 4.57. The zero-order valence-electron chi connectivity index (χ0n) is 17.9. The van der Waals surface area contributed by atoms with Gasteiger partial charge >= 0.3 is 0 Å². The first-order chi connectivity index (χ1) is 14.6. The number of anilines is 1. The van der Waals surface area contributed by atoms with Crippen LogP contribution in [0.5, 0.6) is 0 Å². The maximum absolute atomic E-state index is 12.8. The average molecular weight is 407 g/mol. The number of aryl methyl sites for hydroxylation is 1. The van der Waals surface area contributed by atoms with Gasteiger partial charge in [0.2, 0.25) is 11.8 Å². The van der Waals surface area contributed by atoms with Crippen LogP contribution in [0.4, 0.5) is 5.82 Å². The van der Waals surface area contributed by atoms with E-state index in [0.717, 1.165) is 49.3 Å².